The van der Waals surface area contributed by atoms with Crippen LogP contribution in [0.15, 0.2) is 42.5 Å². The normalized spacial score (nSPS) is 13.7. The third-order valence-corrected chi connectivity index (χ3v) is 4.48. The molecule has 0 unspecified atom stereocenters. The molecule has 2 heterocycles. The van der Waals surface area contributed by atoms with Crippen LogP contribution in [0, 0.1) is 0 Å². The fourth-order valence-electron chi connectivity index (χ4n) is 3.46. The molecule has 2 aromatic carbocycles. The van der Waals surface area contributed by atoms with Crippen LogP contribution in [-0.2, 0) is 13.5 Å². The van der Waals surface area contributed by atoms with Crippen LogP contribution in [0.3, 0.4) is 0 Å². The van der Waals surface area contributed by atoms with E-state index in [0.29, 0.717) is 0 Å². The minimum Gasteiger partial charge on any atom is -0.497 e. The highest BCUT2D eigenvalue weighted by atomic mass is 16.5. The van der Waals surface area contributed by atoms with Crippen LogP contribution in [0.4, 0.5) is 0 Å². The first-order valence-corrected chi connectivity index (χ1v) is 7.67. The minimum atomic E-state index is 0.791. The van der Waals surface area contributed by atoms with Gasteiger partial charge in [0.25, 0.3) is 0 Å². The van der Waals surface area contributed by atoms with Gasteiger partial charge in [0.1, 0.15) is 11.5 Å². The monoisotopic (exact) mass is 293 g/mol. The van der Waals surface area contributed by atoms with E-state index in [1.54, 1.807) is 7.11 Å². The Morgan fingerprint density at radius 1 is 1.09 bits per heavy atom. The van der Waals surface area contributed by atoms with Crippen LogP contribution in [0.2, 0.25) is 0 Å². The molecule has 0 spiro atoms. The lowest BCUT2D eigenvalue weighted by atomic mass is 10.0. The average molecular weight is 293 g/mol. The molecule has 0 aliphatic carbocycles. The first-order chi connectivity index (χ1) is 10.8. The zero-order chi connectivity index (χ0) is 15.1. The van der Waals surface area contributed by atoms with Gasteiger partial charge in [0, 0.05) is 12.4 Å². The Hall–Kier alpha value is -2.42. The molecule has 0 fully saturated rings. The second-order valence-corrected chi connectivity index (χ2v) is 5.72. The first kappa shape index (κ1) is 13.3. The third kappa shape index (κ3) is 1.89. The standard InChI is InChI=1S/C19H19NO2/c1-20-16-6-3-7-17-18(16)15(5-4-12-22-17)19(20)13-8-10-14(21-2)11-9-13/h3,6-11H,4-5,12H2,1-2H3. The lowest BCUT2D eigenvalue weighted by Gasteiger charge is -2.09. The molecule has 0 saturated heterocycles. The number of hydrogen-bond acceptors (Lipinski definition) is 2. The molecule has 1 aliphatic heterocycles. The van der Waals surface area contributed by atoms with Crippen molar-refractivity contribution in [1.29, 1.82) is 0 Å². The second-order valence-electron chi connectivity index (χ2n) is 5.72. The molecule has 0 atom stereocenters. The van der Waals surface area contributed by atoms with Gasteiger partial charge in [-0.15, -0.1) is 0 Å². The van der Waals surface area contributed by atoms with Gasteiger partial charge in [-0.25, -0.2) is 0 Å². The van der Waals surface area contributed by atoms with Crippen LogP contribution >= 0.6 is 0 Å². The maximum absolute atomic E-state index is 5.93. The lowest BCUT2D eigenvalue weighted by molar-refractivity contribution is 0.319. The summed E-state index contributed by atoms with van der Waals surface area (Å²) in [6, 6.07) is 14.6. The predicted molar refractivity (Wildman–Crippen MR) is 88.7 cm³/mol. The summed E-state index contributed by atoms with van der Waals surface area (Å²) in [5.74, 6) is 1.90. The van der Waals surface area contributed by atoms with E-state index in [2.05, 4.69) is 41.9 Å². The summed E-state index contributed by atoms with van der Waals surface area (Å²) in [6.07, 6.45) is 2.10. The van der Waals surface area contributed by atoms with Gasteiger partial charge in [-0.2, -0.15) is 0 Å². The van der Waals surface area contributed by atoms with Gasteiger partial charge in [0.05, 0.1) is 24.9 Å². The SMILES string of the molecule is COc1ccc(-c2c3c4c(cccc4n2C)OCCC3)cc1. The average Bonchev–Trinajstić information content (AvgIpc) is 2.72. The summed E-state index contributed by atoms with van der Waals surface area (Å²) in [4.78, 5) is 0. The van der Waals surface area contributed by atoms with Crippen molar-refractivity contribution in [2.24, 2.45) is 7.05 Å². The molecule has 3 nitrogen and oxygen atoms in total. The predicted octanol–water partition coefficient (Wildman–Crippen LogP) is 4.18. The van der Waals surface area contributed by atoms with Crippen molar-refractivity contribution in [2.75, 3.05) is 13.7 Å². The van der Waals surface area contributed by atoms with Crippen molar-refractivity contribution in [3.63, 3.8) is 0 Å². The molecule has 22 heavy (non-hydrogen) atoms. The summed E-state index contributed by atoms with van der Waals surface area (Å²) >= 11 is 0. The Bertz CT molecular complexity index is 831. The quantitative estimate of drug-likeness (QED) is 0.707. The molecule has 0 N–H and O–H groups in total. The molecule has 112 valence electrons. The van der Waals surface area contributed by atoms with E-state index in [1.165, 1.54) is 27.7 Å². The largest absolute Gasteiger partial charge is 0.497 e. The molecule has 1 aliphatic rings. The molecule has 0 saturated carbocycles. The maximum atomic E-state index is 5.93. The van der Waals surface area contributed by atoms with Crippen LogP contribution < -0.4 is 9.47 Å². The smallest absolute Gasteiger partial charge is 0.128 e. The van der Waals surface area contributed by atoms with Crippen molar-refractivity contribution < 1.29 is 9.47 Å². The van der Waals surface area contributed by atoms with Crippen molar-refractivity contribution >= 4 is 10.9 Å². The van der Waals surface area contributed by atoms with E-state index in [-0.39, 0.29) is 0 Å². The van der Waals surface area contributed by atoms with Gasteiger partial charge < -0.3 is 14.0 Å². The van der Waals surface area contributed by atoms with E-state index < -0.39 is 0 Å². The number of ether oxygens (including phenoxy) is 2. The number of hydrogen-bond donors (Lipinski definition) is 0. The number of rotatable bonds is 2. The zero-order valence-electron chi connectivity index (χ0n) is 12.9. The highest BCUT2D eigenvalue weighted by molar-refractivity contribution is 5.96. The molecule has 0 radical (unpaired) electrons. The minimum absolute atomic E-state index is 0.791. The Kier molecular flexibility index (Phi) is 3.07. The van der Waals surface area contributed by atoms with E-state index in [1.807, 2.05) is 12.1 Å². The summed E-state index contributed by atoms with van der Waals surface area (Å²) in [5, 5.41) is 1.27. The van der Waals surface area contributed by atoms with Gasteiger partial charge in [-0.3, -0.25) is 0 Å². The topological polar surface area (TPSA) is 23.4 Å². The molecule has 1 aromatic heterocycles. The van der Waals surface area contributed by atoms with Crippen LogP contribution in [0.25, 0.3) is 22.2 Å². The fraction of sp³-hybridized carbons (Fsp3) is 0.263. The summed E-state index contributed by atoms with van der Waals surface area (Å²) in [7, 11) is 3.83. The van der Waals surface area contributed by atoms with Crippen molar-refractivity contribution in [3.8, 4) is 22.8 Å². The Balaban J connectivity index is 2.00. The molecule has 3 heteroatoms. The van der Waals surface area contributed by atoms with Gasteiger partial charge in [-0.05, 0) is 60.4 Å². The summed E-state index contributed by atoms with van der Waals surface area (Å²) in [5.41, 5.74) is 5.15. The fourth-order valence-corrected chi connectivity index (χ4v) is 3.46. The number of nitrogens with zero attached hydrogens (tertiary/aromatic N) is 1. The molecule has 4 rings (SSSR count). The van der Waals surface area contributed by atoms with Crippen molar-refractivity contribution in [1.82, 2.24) is 4.57 Å². The van der Waals surface area contributed by atoms with Crippen molar-refractivity contribution in [2.45, 2.75) is 12.8 Å². The Morgan fingerprint density at radius 3 is 2.68 bits per heavy atom. The first-order valence-electron chi connectivity index (χ1n) is 7.67. The van der Waals surface area contributed by atoms with Crippen LogP contribution in [0.1, 0.15) is 12.0 Å². The number of methoxy groups -OCH3 is 1. The van der Waals surface area contributed by atoms with Gasteiger partial charge in [-0.1, -0.05) is 6.07 Å². The maximum Gasteiger partial charge on any atom is 0.128 e. The highest BCUT2D eigenvalue weighted by Crippen LogP contribution is 2.40. The van der Waals surface area contributed by atoms with Gasteiger partial charge >= 0.3 is 0 Å². The van der Waals surface area contributed by atoms with Crippen molar-refractivity contribution in [3.05, 3.63) is 48.0 Å². The molecule has 0 bridgehead atoms. The Morgan fingerprint density at radius 2 is 1.91 bits per heavy atom. The molecule has 3 aromatic rings. The summed E-state index contributed by atoms with van der Waals surface area (Å²) in [6.45, 7) is 0.791. The molecule has 0 amide bonds. The van der Waals surface area contributed by atoms with E-state index in [0.717, 1.165) is 30.9 Å². The number of benzene rings is 2. The molecular weight excluding hydrogens is 274 g/mol. The van der Waals surface area contributed by atoms with Crippen LogP contribution in [-0.4, -0.2) is 18.3 Å². The van der Waals surface area contributed by atoms with Gasteiger partial charge in [0.15, 0.2) is 0 Å². The third-order valence-electron chi connectivity index (χ3n) is 4.48. The van der Waals surface area contributed by atoms with E-state index in [4.69, 9.17) is 9.47 Å². The Labute approximate surface area is 130 Å². The molecular formula is C19H19NO2. The number of aryl methyl sites for hydroxylation is 2. The van der Waals surface area contributed by atoms with Gasteiger partial charge in [0.2, 0.25) is 0 Å². The number of aromatic nitrogens is 1. The van der Waals surface area contributed by atoms with E-state index in [9.17, 15) is 0 Å². The second kappa shape index (κ2) is 5.09. The van der Waals surface area contributed by atoms with E-state index >= 15 is 0 Å². The highest BCUT2D eigenvalue weighted by Gasteiger charge is 2.21. The lowest BCUT2D eigenvalue weighted by Crippen LogP contribution is -1.98. The van der Waals surface area contributed by atoms with Crippen LogP contribution in [0.5, 0.6) is 11.5 Å². The zero-order valence-corrected chi connectivity index (χ0v) is 12.9. The summed E-state index contributed by atoms with van der Waals surface area (Å²) < 4.78 is 13.5.